The van der Waals surface area contributed by atoms with Gasteiger partial charge in [-0.05, 0) is 32.9 Å². The fourth-order valence-electron chi connectivity index (χ4n) is 1.35. The highest BCUT2D eigenvalue weighted by Crippen LogP contribution is 2.06. The van der Waals surface area contributed by atoms with Crippen molar-refractivity contribution < 1.29 is 14.3 Å². The Balaban J connectivity index is 0.00000169. The molecule has 0 amide bonds. The standard InChI is InChI=1S/C9H17NO3.ClH/c1-2-12-9(11)7-13-8-3-5-10-6-4-8;/h8,10H,2-7H2,1H3;1H. The lowest BCUT2D eigenvalue weighted by atomic mass is 10.1. The number of hydrogen-bond acceptors (Lipinski definition) is 4. The van der Waals surface area contributed by atoms with Crippen LogP contribution in [0.1, 0.15) is 19.8 Å². The molecule has 1 aliphatic heterocycles. The number of esters is 1. The zero-order valence-electron chi connectivity index (χ0n) is 8.45. The highest BCUT2D eigenvalue weighted by atomic mass is 35.5. The second-order valence-electron chi connectivity index (χ2n) is 3.07. The van der Waals surface area contributed by atoms with E-state index in [4.69, 9.17) is 9.47 Å². The van der Waals surface area contributed by atoms with Crippen LogP contribution in [0.25, 0.3) is 0 Å². The van der Waals surface area contributed by atoms with Crippen LogP contribution in [0, 0.1) is 0 Å². The summed E-state index contributed by atoms with van der Waals surface area (Å²) in [6, 6.07) is 0. The molecule has 84 valence electrons. The summed E-state index contributed by atoms with van der Waals surface area (Å²) in [6.07, 6.45) is 2.20. The predicted octanol–water partition coefficient (Wildman–Crippen LogP) is 0.740. The Morgan fingerprint density at radius 1 is 1.43 bits per heavy atom. The molecule has 14 heavy (non-hydrogen) atoms. The van der Waals surface area contributed by atoms with Crippen molar-refractivity contribution in [2.75, 3.05) is 26.3 Å². The summed E-state index contributed by atoms with van der Waals surface area (Å²) in [5, 5.41) is 3.23. The minimum atomic E-state index is -0.263. The molecule has 1 rings (SSSR count). The van der Waals surface area contributed by atoms with Crippen molar-refractivity contribution in [1.29, 1.82) is 0 Å². The molecule has 1 saturated heterocycles. The van der Waals surface area contributed by atoms with Gasteiger partial charge in [0.2, 0.25) is 0 Å². The maximum atomic E-state index is 10.9. The van der Waals surface area contributed by atoms with E-state index < -0.39 is 0 Å². The van der Waals surface area contributed by atoms with Crippen molar-refractivity contribution >= 4 is 18.4 Å². The molecule has 0 bridgehead atoms. The van der Waals surface area contributed by atoms with E-state index in [1.807, 2.05) is 0 Å². The Morgan fingerprint density at radius 3 is 2.64 bits per heavy atom. The van der Waals surface area contributed by atoms with Gasteiger partial charge in [0.25, 0.3) is 0 Å². The van der Waals surface area contributed by atoms with Crippen LogP contribution in [0.2, 0.25) is 0 Å². The van der Waals surface area contributed by atoms with Crippen LogP contribution in [0.3, 0.4) is 0 Å². The molecule has 4 nitrogen and oxygen atoms in total. The second kappa shape index (κ2) is 8.03. The van der Waals surface area contributed by atoms with Gasteiger partial charge >= 0.3 is 5.97 Å². The first-order valence-corrected chi connectivity index (χ1v) is 4.81. The Bertz CT molecular complexity index is 160. The predicted molar refractivity (Wildman–Crippen MR) is 55.7 cm³/mol. The van der Waals surface area contributed by atoms with E-state index >= 15 is 0 Å². The highest BCUT2D eigenvalue weighted by molar-refractivity contribution is 5.85. The maximum absolute atomic E-state index is 10.9. The fraction of sp³-hybridized carbons (Fsp3) is 0.889. The molecule has 0 spiro atoms. The van der Waals surface area contributed by atoms with Gasteiger partial charge in [0.15, 0.2) is 0 Å². The van der Waals surface area contributed by atoms with Crippen LogP contribution < -0.4 is 5.32 Å². The molecule has 0 aliphatic carbocycles. The van der Waals surface area contributed by atoms with Crippen molar-refractivity contribution in [2.24, 2.45) is 0 Å². The molecule has 0 unspecified atom stereocenters. The van der Waals surface area contributed by atoms with Crippen LogP contribution in [-0.2, 0) is 14.3 Å². The molecular formula is C9H18ClNO3. The monoisotopic (exact) mass is 223 g/mol. The lowest BCUT2D eigenvalue weighted by Gasteiger charge is -2.22. The molecule has 0 aromatic carbocycles. The first-order chi connectivity index (χ1) is 6.33. The normalized spacial score (nSPS) is 17.2. The SMILES string of the molecule is CCOC(=O)COC1CCNCC1.Cl. The zero-order chi connectivity index (χ0) is 9.52. The van der Waals surface area contributed by atoms with Crippen molar-refractivity contribution in [3.05, 3.63) is 0 Å². The van der Waals surface area contributed by atoms with Crippen molar-refractivity contribution in [3.8, 4) is 0 Å². The first kappa shape index (κ1) is 13.7. The van der Waals surface area contributed by atoms with E-state index in [2.05, 4.69) is 5.32 Å². The van der Waals surface area contributed by atoms with Crippen molar-refractivity contribution in [1.82, 2.24) is 5.32 Å². The lowest BCUT2D eigenvalue weighted by Crippen LogP contribution is -2.33. The van der Waals surface area contributed by atoms with Crippen LogP contribution in [0.15, 0.2) is 0 Å². The third-order valence-electron chi connectivity index (χ3n) is 2.03. The van der Waals surface area contributed by atoms with Gasteiger partial charge in [-0.25, -0.2) is 4.79 Å². The van der Waals surface area contributed by atoms with Gasteiger partial charge in [-0.3, -0.25) is 0 Å². The lowest BCUT2D eigenvalue weighted by molar-refractivity contribution is -0.151. The van der Waals surface area contributed by atoms with Gasteiger partial charge in [-0.15, -0.1) is 12.4 Å². The number of carbonyl (C=O) groups excluding carboxylic acids is 1. The van der Waals surface area contributed by atoms with Crippen molar-refractivity contribution in [2.45, 2.75) is 25.9 Å². The highest BCUT2D eigenvalue weighted by Gasteiger charge is 2.14. The fourth-order valence-corrected chi connectivity index (χ4v) is 1.35. The van der Waals surface area contributed by atoms with Gasteiger partial charge < -0.3 is 14.8 Å². The number of hydrogen-bond donors (Lipinski definition) is 1. The molecule has 0 saturated carbocycles. The number of piperidine rings is 1. The Labute approximate surface area is 90.7 Å². The van der Waals surface area contributed by atoms with E-state index in [9.17, 15) is 4.79 Å². The number of carbonyl (C=O) groups is 1. The third kappa shape index (κ3) is 5.42. The largest absolute Gasteiger partial charge is 0.464 e. The molecule has 0 atom stereocenters. The average molecular weight is 224 g/mol. The maximum Gasteiger partial charge on any atom is 0.332 e. The number of rotatable bonds is 4. The Morgan fingerprint density at radius 2 is 2.07 bits per heavy atom. The summed E-state index contributed by atoms with van der Waals surface area (Å²) in [5.41, 5.74) is 0. The summed E-state index contributed by atoms with van der Waals surface area (Å²) < 4.78 is 10.1. The summed E-state index contributed by atoms with van der Waals surface area (Å²) in [7, 11) is 0. The van der Waals surface area contributed by atoms with Crippen LogP contribution in [-0.4, -0.2) is 38.4 Å². The molecule has 1 fully saturated rings. The van der Waals surface area contributed by atoms with E-state index in [1.54, 1.807) is 6.92 Å². The van der Waals surface area contributed by atoms with Gasteiger partial charge in [0.05, 0.1) is 12.7 Å². The molecule has 1 N–H and O–H groups in total. The van der Waals surface area contributed by atoms with Gasteiger partial charge in [-0.2, -0.15) is 0 Å². The molecule has 0 aromatic heterocycles. The number of ether oxygens (including phenoxy) is 2. The molecular weight excluding hydrogens is 206 g/mol. The minimum absolute atomic E-state index is 0. The molecule has 1 aliphatic rings. The van der Waals surface area contributed by atoms with Gasteiger partial charge in [0, 0.05) is 0 Å². The van der Waals surface area contributed by atoms with Crippen LogP contribution >= 0.6 is 12.4 Å². The second-order valence-corrected chi connectivity index (χ2v) is 3.07. The molecule has 5 heteroatoms. The molecule has 0 radical (unpaired) electrons. The smallest absolute Gasteiger partial charge is 0.332 e. The number of halogens is 1. The van der Waals surface area contributed by atoms with Crippen LogP contribution in [0.5, 0.6) is 0 Å². The topological polar surface area (TPSA) is 47.6 Å². The summed E-state index contributed by atoms with van der Waals surface area (Å²) >= 11 is 0. The average Bonchev–Trinajstić information content (AvgIpc) is 2.17. The van der Waals surface area contributed by atoms with E-state index in [1.165, 1.54) is 0 Å². The van der Waals surface area contributed by atoms with Gasteiger partial charge in [-0.1, -0.05) is 0 Å². The number of nitrogens with one attached hydrogen (secondary N) is 1. The minimum Gasteiger partial charge on any atom is -0.464 e. The van der Waals surface area contributed by atoms with E-state index in [0.29, 0.717) is 6.61 Å². The Hall–Kier alpha value is -0.320. The quantitative estimate of drug-likeness (QED) is 0.715. The molecule has 1 heterocycles. The summed E-state index contributed by atoms with van der Waals surface area (Å²) in [6.45, 7) is 4.27. The zero-order valence-corrected chi connectivity index (χ0v) is 9.27. The van der Waals surface area contributed by atoms with E-state index in [-0.39, 0.29) is 31.1 Å². The van der Waals surface area contributed by atoms with Crippen LogP contribution in [0.4, 0.5) is 0 Å². The summed E-state index contributed by atoms with van der Waals surface area (Å²) in [4.78, 5) is 10.9. The molecule has 0 aromatic rings. The van der Waals surface area contributed by atoms with Crippen molar-refractivity contribution in [3.63, 3.8) is 0 Å². The Kier molecular flexibility index (Phi) is 7.84. The summed E-state index contributed by atoms with van der Waals surface area (Å²) in [5.74, 6) is -0.263. The first-order valence-electron chi connectivity index (χ1n) is 4.81. The van der Waals surface area contributed by atoms with Gasteiger partial charge in [0.1, 0.15) is 6.61 Å². The van der Waals surface area contributed by atoms with E-state index in [0.717, 1.165) is 25.9 Å². The third-order valence-corrected chi connectivity index (χ3v) is 2.03.